The first-order valence-corrected chi connectivity index (χ1v) is 4.58. The lowest BCUT2D eigenvalue weighted by Crippen LogP contribution is -2.30. The molecule has 1 rings (SSSR count). The average Bonchev–Trinajstić information content (AvgIpc) is 1.96. The van der Waals surface area contributed by atoms with Crippen molar-refractivity contribution >= 4 is 51.7 Å². The first kappa shape index (κ1) is 10.3. The molecule has 6 heteroatoms. The molecule has 0 aliphatic heterocycles. The predicted molar refractivity (Wildman–Crippen MR) is 54.0 cm³/mol. The van der Waals surface area contributed by atoms with E-state index >= 15 is 0 Å². The zero-order valence-corrected chi connectivity index (χ0v) is 8.86. The van der Waals surface area contributed by atoms with Gasteiger partial charge in [-0.25, -0.2) is 0 Å². The number of halogens is 3. The molecule has 0 spiro atoms. The van der Waals surface area contributed by atoms with Crippen LogP contribution < -0.4 is 5.46 Å². The molecule has 0 unspecified atom stereocenters. The van der Waals surface area contributed by atoms with E-state index in [9.17, 15) is 0 Å². The van der Waals surface area contributed by atoms with Crippen LogP contribution in [0.3, 0.4) is 0 Å². The molecule has 0 heterocycles. The molecule has 2 nitrogen and oxygen atoms in total. The summed E-state index contributed by atoms with van der Waals surface area (Å²) in [6, 6.07) is 3.08. The van der Waals surface area contributed by atoms with E-state index in [0.717, 1.165) is 0 Å². The normalized spacial score (nSPS) is 10.1. The van der Waals surface area contributed by atoms with E-state index in [1.54, 1.807) is 6.07 Å². The summed E-state index contributed by atoms with van der Waals surface area (Å²) in [7, 11) is -1.60. The second-order valence-electron chi connectivity index (χ2n) is 2.16. The van der Waals surface area contributed by atoms with E-state index in [2.05, 4.69) is 15.9 Å². The van der Waals surface area contributed by atoms with Crippen molar-refractivity contribution < 1.29 is 10.0 Å². The van der Waals surface area contributed by atoms with E-state index in [4.69, 9.17) is 33.2 Å². The van der Waals surface area contributed by atoms with Crippen molar-refractivity contribution in [2.24, 2.45) is 0 Å². The lowest BCUT2D eigenvalue weighted by Gasteiger charge is -2.04. The molecule has 12 heavy (non-hydrogen) atoms. The van der Waals surface area contributed by atoms with Gasteiger partial charge in [-0.2, -0.15) is 0 Å². The Hall–Kier alpha value is 0.265. The predicted octanol–water partition coefficient (Wildman–Crippen LogP) is 1.44. The van der Waals surface area contributed by atoms with Gasteiger partial charge in [0, 0.05) is 9.94 Å². The lowest BCUT2D eigenvalue weighted by atomic mass is 9.80. The highest BCUT2D eigenvalue weighted by atomic mass is 79.9. The van der Waals surface area contributed by atoms with Crippen molar-refractivity contribution in [3.05, 3.63) is 26.7 Å². The Balaban J connectivity index is 3.28. The van der Waals surface area contributed by atoms with Crippen molar-refractivity contribution in [3.8, 4) is 0 Å². The molecule has 2 N–H and O–H groups in total. The van der Waals surface area contributed by atoms with Crippen LogP contribution >= 0.6 is 39.1 Å². The summed E-state index contributed by atoms with van der Waals surface area (Å²) in [6.45, 7) is 0. The van der Waals surface area contributed by atoms with Gasteiger partial charge in [0.25, 0.3) is 0 Å². The lowest BCUT2D eigenvalue weighted by molar-refractivity contribution is 0.426. The van der Waals surface area contributed by atoms with Gasteiger partial charge < -0.3 is 10.0 Å². The van der Waals surface area contributed by atoms with Crippen molar-refractivity contribution in [3.63, 3.8) is 0 Å². The molecule has 0 radical (unpaired) electrons. The fourth-order valence-corrected chi connectivity index (χ4v) is 1.80. The third-order valence-corrected chi connectivity index (χ3v) is 2.57. The van der Waals surface area contributed by atoms with Crippen LogP contribution in [0.4, 0.5) is 0 Å². The second-order valence-corrected chi connectivity index (χ2v) is 3.87. The van der Waals surface area contributed by atoms with E-state index in [-0.39, 0.29) is 15.5 Å². The van der Waals surface area contributed by atoms with Crippen LogP contribution in [-0.2, 0) is 0 Å². The minimum atomic E-state index is -1.60. The molecule has 0 amide bonds. The Morgan fingerprint density at radius 2 is 1.83 bits per heavy atom. The quantitative estimate of drug-likeness (QED) is 0.598. The highest BCUT2D eigenvalue weighted by Crippen LogP contribution is 2.23. The molecule has 0 fully saturated rings. The van der Waals surface area contributed by atoms with Crippen LogP contribution in [0.5, 0.6) is 0 Å². The van der Waals surface area contributed by atoms with Crippen LogP contribution in [0.25, 0.3) is 0 Å². The molecule has 64 valence electrons. The van der Waals surface area contributed by atoms with Crippen LogP contribution in [0.1, 0.15) is 0 Å². The standard InChI is InChI=1S/C6H4BBrCl2O2/c8-3-1-4(7(11)12)6(10)5(9)2-3/h1-2,11-12H. The smallest absolute Gasteiger partial charge is 0.423 e. The first-order chi connectivity index (χ1) is 5.52. The minimum absolute atomic E-state index is 0.162. The van der Waals surface area contributed by atoms with E-state index < -0.39 is 7.12 Å². The number of hydrogen-bond donors (Lipinski definition) is 2. The highest BCUT2D eigenvalue weighted by Gasteiger charge is 2.17. The minimum Gasteiger partial charge on any atom is -0.423 e. The highest BCUT2D eigenvalue weighted by molar-refractivity contribution is 9.10. The maximum atomic E-state index is 8.85. The molecule has 0 saturated heterocycles. The third-order valence-electron chi connectivity index (χ3n) is 1.30. The van der Waals surface area contributed by atoms with Crippen LogP contribution in [-0.4, -0.2) is 17.2 Å². The fraction of sp³-hybridized carbons (Fsp3) is 0. The molecule has 0 aliphatic rings. The van der Waals surface area contributed by atoms with Gasteiger partial charge >= 0.3 is 7.12 Å². The van der Waals surface area contributed by atoms with E-state index in [1.807, 2.05) is 0 Å². The van der Waals surface area contributed by atoms with Crippen LogP contribution in [0.15, 0.2) is 16.6 Å². The summed E-state index contributed by atoms with van der Waals surface area (Å²) in [6.07, 6.45) is 0. The van der Waals surface area contributed by atoms with Gasteiger partial charge in [0.2, 0.25) is 0 Å². The maximum absolute atomic E-state index is 8.85. The molecular formula is C6H4BBrCl2O2. The molecule has 1 aromatic rings. The molecular weight excluding hydrogens is 266 g/mol. The van der Waals surface area contributed by atoms with Crippen molar-refractivity contribution in [2.45, 2.75) is 0 Å². The van der Waals surface area contributed by atoms with Gasteiger partial charge in [-0.3, -0.25) is 0 Å². The zero-order chi connectivity index (χ0) is 9.30. The Morgan fingerprint density at radius 3 is 2.33 bits per heavy atom. The van der Waals surface area contributed by atoms with Gasteiger partial charge in [-0.05, 0) is 12.1 Å². The maximum Gasteiger partial charge on any atom is 0.490 e. The molecule has 0 aliphatic carbocycles. The fourth-order valence-electron chi connectivity index (χ4n) is 0.764. The van der Waals surface area contributed by atoms with E-state index in [1.165, 1.54) is 6.07 Å². The first-order valence-electron chi connectivity index (χ1n) is 3.03. The summed E-state index contributed by atoms with van der Waals surface area (Å²) in [4.78, 5) is 0. The molecule has 0 bridgehead atoms. The largest absolute Gasteiger partial charge is 0.490 e. The number of rotatable bonds is 1. The Kier molecular flexibility index (Phi) is 3.43. The van der Waals surface area contributed by atoms with E-state index in [0.29, 0.717) is 4.47 Å². The molecule has 1 aromatic carbocycles. The molecule has 0 atom stereocenters. The van der Waals surface area contributed by atoms with Crippen molar-refractivity contribution in [2.75, 3.05) is 0 Å². The second kappa shape index (κ2) is 3.98. The Bertz CT molecular complexity index is 306. The summed E-state index contributed by atoms with van der Waals surface area (Å²) < 4.78 is 0.653. The van der Waals surface area contributed by atoms with Gasteiger partial charge in [-0.15, -0.1) is 0 Å². The summed E-state index contributed by atoms with van der Waals surface area (Å²) in [5, 5.41) is 18.1. The number of benzene rings is 1. The third kappa shape index (κ3) is 2.15. The topological polar surface area (TPSA) is 40.5 Å². The van der Waals surface area contributed by atoms with Gasteiger partial charge in [0.05, 0.1) is 10.0 Å². The van der Waals surface area contributed by atoms with Gasteiger partial charge in [0.15, 0.2) is 0 Å². The monoisotopic (exact) mass is 268 g/mol. The van der Waals surface area contributed by atoms with Gasteiger partial charge in [0.1, 0.15) is 0 Å². The summed E-state index contributed by atoms with van der Waals surface area (Å²) >= 11 is 14.5. The Morgan fingerprint density at radius 1 is 1.25 bits per heavy atom. The summed E-state index contributed by atoms with van der Waals surface area (Å²) in [5.41, 5.74) is 0.191. The van der Waals surface area contributed by atoms with Gasteiger partial charge in [-0.1, -0.05) is 39.1 Å². The SMILES string of the molecule is OB(O)c1cc(Br)cc(Cl)c1Cl. The van der Waals surface area contributed by atoms with Crippen LogP contribution in [0, 0.1) is 0 Å². The molecule has 0 aromatic heterocycles. The number of hydrogen-bond acceptors (Lipinski definition) is 2. The average molecular weight is 270 g/mol. The molecule has 0 saturated carbocycles. The summed E-state index contributed by atoms with van der Waals surface area (Å²) in [5.74, 6) is 0. The van der Waals surface area contributed by atoms with Crippen molar-refractivity contribution in [1.29, 1.82) is 0 Å². The Labute approximate surface area is 88.4 Å². The van der Waals surface area contributed by atoms with Crippen LogP contribution in [0.2, 0.25) is 10.0 Å². The zero-order valence-electron chi connectivity index (χ0n) is 5.76. The van der Waals surface area contributed by atoms with Crippen molar-refractivity contribution in [1.82, 2.24) is 0 Å².